The number of unbranched alkanes of at least 4 members (excludes halogenated alkanes) is 3. The Kier molecular flexibility index (Phi) is 29.1. The SMILES string of the molecule is Cc1ncsc1-c1ccc([C@H](C)NC(=O)[C@@H]2C[C@@H](O)CN2C(=O)[C@@H](NC(=O)CCCCCCC(=O)N2CCN(C[C@]3(C)CCC(c4ccc(Cl)cc4)=C(CN4CCN(c5ccc(C(=O)NSc6ccc(N[C@H](CCN7CCOCC7)CSc7ccccc7)c(S(=O)(=O)C(F)(F)F)c6)cc5)CC4)C3)CC2)C(C)(C)C)cc1. The number of sulfone groups is 1. The van der Waals surface area contributed by atoms with Gasteiger partial charge < -0.3 is 40.5 Å². The molecule has 1 aliphatic carbocycles. The number of aliphatic hydroxyl groups excluding tert-OH is 1. The number of piperazine rings is 2. The van der Waals surface area contributed by atoms with Gasteiger partial charge in [-0.25, -0.2) is 13.4 Å². The van der Waals surface area contributed by atoms with Crippen LogP contribution in [0.25, 0.3) is 16.0 Å². The number of β-amino-alcohol motifs (C(OH)–C–C–N with tert-alkyl or cyclic N) is 1. The van der Waals surface area contributed by atoms with Gasteiger partial charge in [-0.05, 0) is 164 Å². The summed E-state index contributed by atoms with van der Waals surface area (Å²) >= 11 is 10.3. The first-order chi connectivity index (χ1) is 52.6. The van der Waals surface area contributed by atoms with Crippen LogP contribution in [0, 0.1) is 17.8 Å². The number of hydrogen-bond acceptors (Lipinski definition) is 18. The van der Waals surface area contributed by atoms with Crippen LogP contribution in [0.2, 0.25) is 5.02 Å². The molecule has 594 valence electrons. The number of likely N-dealkylation sites (tertiary alicyclic amines) is 1. The number of carbonyl (C=O) groups is 5. The molecule has 110 heavy (non-hydrogen) atoms. The van der Waals surface area contributed by atoms with Crippen LogP contribution in [0.15, 0.2) is 147 Å². The minimum absolute atomic E-state index is 0.00922. The van der Waals surface area contributed by atoms with Gasteiger partial charge in [0.1, 0.15) is 17.0 Å². The zero-order valence-corrected chi connectivity index (χ0v) is 67.8. The largest absolute Gasteiger partial charge is 0.501 e. The van der Waals surface area contributed by atoms with Crippen LogP contribution < -0.4 is 25.6 Å². The third-order valence-corrected chi connectivity index (χ3v) is 26.4. The maximum Gasteiger partial charge on any atom is 0.501 e. The van der Waals surface area contributed by atoms with Crippen molar-refractivity contribution in [1.29, 1.82) is 0 Å². The van der Waals surface area contributed by atoms with E-state index in [1.807, 2.05) is 124 Å². The van der Waals surface area contributed by atoms with Gasteiger partial charge in [0.25, 0.3) is 15.7 Å². The van der Waals surface area contributed by atoms with Gasteiger partial charge in [-0.15, -0.1) is 23.1 Å². The topological polar surface area (TPSA) is 229 Å². The highest BCUT2D eigenvalue weighted by molar-refractivity contribution is 7.99. The van der Waals surface area contributed by atoms with Gasteiger partial charge in [-0.1, -0.05) is 112 Å². The van der Waals surface area contributed by atoms with Gasteiger partial charge in [-0.3, -0.25) is 43.4 Å². The molecule has 6 atom stereocenters. The molecular formula is C82H105ClF3N11O9S4. The van der Waals surface area contributed by atoms with Gasteiger partial charge in [-0.2, -0.15) is 13.2 Å². The average molecular weight is 1610 g/mol. The van der Waals surface area contributed by atoms with Crippen molar-refractivity contribution >= 4 is 103 Å². The Balaban J connectivity index is 0.608. The van der Waals surface area contributed by atoms with Crippen molar-refractivity contribution in [3.8, 4) is 10.4 Å². The van der Waals surface area contributed by atoms with E-state index in [4.69, 9.17) is 16.3 Å². The zero-order chi connectivity index (χ0) is 78.3. The number of aromatic nitrogens is 1. The molecule has 1 aromatic heterocycles. The van der Waals surface area contributed by atoms with Crippen molar-refractivity contribution in [2.24, 2.45) is 10.8 Å². The number of rotatable bonds is 31. The number of aryl methyl sites for hydroxylation is 1. The Labute approximate surface area is 663 Å². The molecule has 28 heteroatoms. The van der Waals surface area contributed by atoms with Gasteiger partial charge in [0.05, 0.1) is 47.1 Å². The maximum atomic E-state index is 14.4. The van der Waals surface area contributed by atoms with Crippen molar-refractivity contribution in [2.45, 2.75) is 163 Å². The molecule has 5 aromatic carbocycles. The number of aliphatic hydroxyl groups is 1. The normalized spacial score (nSPS) is 20.1. The maximum absolute atomic E-state index is 14.4. The number of amides is 5. The fourth-order valence-electron chi connectivity index (χ4n) is 15.4. The van der Waals surface area contributed by atoms with E-state index in [2.05, 4.69) is 64.3 Å². The summed E-state index contributed by atoms with van der Waals surface area (Å²) in [5.41, 5.74) is 3.56. The number of alkyl halides is 3. The summed E-state index contributed by atoms with van der Waals surface area (Å²) in [4.78, 5) is 87.4. The van der Waals surface area contributed by atoms with E-state index in [1.54, 1.807) is 23.5 Å². The lowest BCUT2D eigenvalue weighted by Gasteiger charge is -2.44. The van der Waals surface area contributed by atoms with Gasteiger partial charge in [0, 0.05) is 149 Å². The number of anilines is 2. The number of morpholine rings is 1. The number of thioether (sulfide) groups is 1. The Morgan fingerprint density at radius 1 is 0.782 bits per heavy atom. The number of hydrogen-bond donors (Lipinski definition) is 5. The molecule has 0 unspecified atom stereocenters. The van der Waals surface area contributed by atoms with Gasteiger partial charge in [0.15, 0.2) is 0 Å². The highest BCUT2D eigenvalue weighted by Gasteiger charge is 2.49. The number of halogens is 4. The molecule has 6 aromatic rings. The number of ether oxygens (including phenoxy) is 1. The third-order valence-electron chi connectivity index (χ3n) is 21.7. The Bertz CT molecular complexity index is 4250. The molecule has 5 amide bonds. The summed E-state index contributed by atoms with van der Waals surface area (Å²) < 4.78 is 77.7. The second-order valence-corrected chi connectivity index (χ2v) is 36.4. The highest BCUT2D eigenvalue weighted by atomic mass is 35.5. The molecule has 11 rings (SSSR count). The second-order valence-electron chi connectivity index (χ2n) is 31.2. The van der Waals surface area contributed by atoms with Crippen LogP contribution in [-0.2, 0) is 33.8 Å². The molecule has 4 aliphatic heterocycles. The predicted molar refractivity (Wildman–Crippen MR) is 432 cm³/mol. The fourth-order valence-corrected chi connectivity index (χ4v) is 19.0. The summed E-state index contributed by atoms with van der Waals surface area (Å²) in [5, 5.41) is 20.7. The summed E-state index contributed by atoms with van der Waals surface area (Å²) in [7, 11) is -5.81. The Morgan fingerprint density at radius 3 is 2.12 bits per heavy atom. The van der Waals surface area contributed by atoms with E-state index in [0.29, 0.717) is 74.9 Å². The summed E-state index contributed by atoms with van der Waals surface area (Å²) in [5.74, 6) is -0.910. The third kappa shape index (κ3) is 22.7. The summed E-state index contributed by atoms with van der Waals surface area (Å²) in [6.07, 6.45) is 6.12. The highest BCUT2D eigenvalue weighted by Crippen LogP contribution is 2.45. The Hall–Kier alpha value is -7.05. The standard InChI is InChI=1S/C82H105ClF3N11O9S4/c1-56(58-18-20-60(21-19-58)75-57(2)87-55-108-75)88-78(102)71-48-66(98)52-97(71)79(103)76(80(3,4)5)90-73(99)16-12-7-8-13-17-74(100)96-42-38-94(39-43-96)54-81(6)34-32-69(59-22-26-63(83)27-23-59)62(50-81)51-93-36-40-95(41-37-93)65-28-24-61(25-29-65)77(101)91-109-68-30-31-70(72(49-68)110(104,105)82(84,85)86)89-64(33-35-92-44-46-106-47-45-92)53-107-67-14-10-9-11-15-67/h9-11,14-15,18-31,49,55-56,64,66,71,76,89,98H,7-8,12-13,16-17,32-48,50-54H2,1-6H3,(H,88,102)(H,90,99)(H,91,101)/t56-,64+,66+,71-,76+,81+/m0/s1. The molecule has 0 saturated carbocycles. The van der Waals surface area contributed by atoms with Crippen molar-refractivity contribution in [2.75, 3.05) is 121 Å². The van der Waals surface area contributed by atoms with Crippen LogP contribution in [-0.4, -0.2) is 213 Å². The van der Waals surface area contributed by atoms with E-state index in [1.165, 1.54) is 45.5 Å². The Morgan fingerprint density at radius 2 is 1.45 bits per heavy atom. The monoisotopic (exact) mass is 1610 g/mol. The lowest BCUT2D eigenvalue weighted by Crippen LogP contribution is -2.57. The van der Waals surface area contributed by atoms with E-state index in [9.17, 15) is 50.7 Å². The van der Waals surface area contributed by atoms with Crippen molar-refractivity contribution in [1.82, 2.24) is 44.8 Å². The minimum atomic E-state index is -5.81. The molecule has 5 N–H and O–H groups in total. The van der Waals surface area contributed by atoms with E-state index < -0.39 is 55.7 Å². The first-order valence-electron chi connectivity index (χ1n) is 38.4. The average Bonchev–Trinajstić information content (AvgIpc) is 0.973. The fraction of sp³-hybridized carbons (Fsp3) is 0.512. The first kappa shape index (κ1) is 83.9. The number of allylic oxidation sites excluding steroid dienone is 1. The molecule has 0 bridgehead atoms. The van der Waals surface area contributed by atoms with Crippen molar-refractivity contribution < 1.29 is 55.4 Å². The van der Waals surface area contributed by atoms with Crippen molar-refractivity contribution in [3.05, 3.63) is 160 Å². The molecule has 5 aliphatic rings. The summed E-state index contributed by atoms with van der Waals surface area (Å²) in [6, 6.07) is 34.2. The number of benzene rings is 5. The lowest BCUT2D eigenvalue weighted by molar-refractivity contribution is -0.144. The number of nitrogens with one attached hydrogen (secondary N) is 4. The van der Waals surface area contributed by atoms with E-state index >= 15 is 0 Å². The number of carbonyl (C=O) groups excluding carboxylic acids is 5. The molecule has 4 fully saturated rings. The predicted octanol–water partition coefficient (Wildman–Crippen LogP) is 13.4. The van der Waals surface area contributed by atoms with Gasteiger partial charge >= 0.3 is 5.51 Å². The molecule has 4 saturated heterocycles. The van der Waals surface area contributed by atoms with Crippen molar-refractivity contribution in [3.63, 3.8) is 0 Å². The van der Waals surface area contributed by atoms with Crippen LogP contribution in [0.3, 0.4) is 0 Å². The van der Waals surface area contributed by atoms with Crippen LogP contribution >= 0.6 is 46.6 Å². The molecular weight excluding hydrogens is 1500 g/mol. The molecule has 0 radical (unpaired) electrons. The molecule has 5 heterocycles. The number of thiazole rings is 1. The van der Waals surface area contributed by atoms with Crippen LogP contribution in [0.4, 0.5) is 24.5 Å². The summed E-state index contributed by atoms with van der Waals surface area (Å²) in [6.45, 7) is 22.9. The van der Waals surface area contributed by atoms with Gasteiger partial charge in [0.2, 0.25) is 23.6 Å². The second kappa shape index (κ2) is 38.2. The zero-order valence-electron chi connectivity index (χ0n) is 63.8. The quantitative estimate of drug-likeness (QED) is 0.0155. The lowest BCUT2D eigenvalue weighted by atomic mass is 9.71. The first-order valence-corrected chi connectivity index (χ1v) is 42.9. The molecule has 20 nitrogen and oxygen atoms in total. The minimum Gasteiger partial charge on any atom is -0.391 e. The smallest absolute Gasteiger partial charge is 0.391 e. The van der Waals surface area contributed by atoms with Crippen LogP contribution in [0.1, 0.15) is 138 Å². The molecule has 0 spiro atoms. The number of nitrogens with zero attached hydrogens (tertiary/aromatic N) is 7. The van der Waals surface area contributed by atoms with E-state index in [-0.39, 0.29) is 65.2 Å². The van der Waals surface area contributed by atoms with Crippen LogP contribution in [0.5, 0.6) is 0 Å². The van der Waals surface area contributed by atoms with E-state index in [0.717, 1.165) is 148 Å².